The van der Waals surface area contributed by atoms with Crippen molar-refractivity contribution in [3.05, 3.63) is 23.8 Å². The molecule has 1 aromatic carbocycles. The third-order valence-corrected chi connectivity index (χ3v) is 2.90. The molecular formula is C14H23N3O2. The molecule has 0 heterocycles. The van der Waals surface area contributed by atoms with Crippen LogP contribution in [0.4, 0.5) is 5.69 Å². The van der Waals surface area contributed by atoms with Gasteiger partial charge >= 0.3 is 0 Å². The Balaban J connectivity index is 2.71. The van der Waals surface area contributed by atoms with E-state index in [2.05, 4.69) is 4.90 Å². The highest BCUT2D eigenvalue weighted by Gasteiger charge is 2.16. The van der Waals surface area contributed by atoms with E-state index in [-0.39, 0.29) is 5.91 Å². The third kappa shape index (κ3) is 4.44. The maximum atomic E-state index is 12.3. The van der Waals surface area contributed by atoms with Crippen molar-refractivity contribution in [1.29, 1.82) is 0 Å². The van der Waals surface area contributed by atoms with Gasteiger partial charge in [-0.1, -0.05) is 0 Å². The maximum Gasteiger partial charge on any atom is 0.257 e. The van der Waals surface area contributed by atoms with Crippen LogP contribution < -0.4 is 10.5 Å². The van der Waals surface area contributed by atoms with Crippen LogP contribution in [0.5, 0.6) is 5.75 Å². The van der Waals surface area contributed by atoms with Gasteiger partial charge in [-0.2, -0.15) is 0 Å². The van der Waals surface area contributed by atoms with E-state index in [1.807, 2.05) is 14.1 Å². The fourth-order valence-electron chi connectivity index (χ4n) is 1.82. The van der Waals surface area contributed by atoms with E-state index >= 15 is 0 Å². The van der Waals surface area contributed by atoms with Crippen molar-refractivity contribution in [3.63, 3.8) is 0 Å². The number of carbonyl (C=O) groups is 1. The van der Waals surface area contributed by atoms with Gasteiger partial charge in [0.15, 0.2) is 0 Å². The van der Waals surface area contributed by atoms with Crippen LogP contribution in [0.25, 0.3) is 0 Å². The molecule has 0 aromatic heterocycles. The number of benzene rings is 1. The number of nitrogens with two attached hydrogens (primary N) is 1. The fourth-order valence-corrected chi connectivity index (χ4v) is 1.82. The first-order valence-corrected chi connectivity index (χ1v) is 6.29. The zero-order valence-electron chi connectivity index (χ0n) is 12.1. The molecule has 1 aromatic rings. The minimum absolute atomic E-state index is 0.0457. The van der Waals surface area contributed by atoms with Crippen LogP contribution in [-0.4, -0.2) is 57.0 Å². The molecule has 106 valence electrons. The van der Waals surface area contributed by atoms with Crippen molar-refractivity contribution < 1.29 is 9.53 Å². The van der Waals surface area contributed by atoms with Gasteiger partial charge in [0.1, 0.15) is 5.75 Å². The Labute approximate surface area is 114 Å². The molecule has 1 rings (SSSR count). The monoisotopic (exact) mass is 265 g/mol. The second kappa shape index (κ2) is 6.99. The summed E-state index contributed by atoms with van der Waals surface area (Å²) in [7, 11) is 7.38. The van der Waals surface area contributed by atoms with E-state index in [1.165, 1.54) is 7.11 Å². The summed E-state index contributed by atoms with van der Waals surface area (Å²) in [6, 6.07) is 5.09. The summed E-state index contributed by atoms with van der Waals surface area (Å²) in [5.74, 6) is 0.472. The number of anilines is 1. The Hall–Kier alpha value is -1.75. The first kappa shape index (κ1) is 15.3. The lowest BCUT2D eigenvalue weighted by Crippen LogP contribution is -2.30. The van der Waals surface area contributed by atoms with Crippen molar-refractivity contribution in [2.24, 2.45) is 0 Å². The normalized spacial score (nSPS) is 10.6. The highest BCUT2D eigenvalue weighted by atomic mass is 16.5. The molecule has 0 unspecified atom stereocenters. The standard InChI is InChI=1S/C14H23N3O2/c1-16(2)8-5-9-17(3)14(18)12-7-6-11(15)10-13(12)19-4/h6-7,10H,5,8-9,15H2,1-4H3. The van der Waals surface area contributed by atoms with Crippen molar-refractivity contribution in [2.75, 3.05) is 47.1 Å². The van der Waals surface area contributed by atoms with E-state index in [0.717, 1.165) is 13.0 Å². The van der Waals surface area contributed by atoms with Crippen LogP contribution in [0.15, 0.2) is 18.2 Å². The highest BCUT2D eigenvalue weighted by molar-refractivity contribution is 5.97. The first-order valence-electron chi connectivity index (χ1n) is 6.29. The Morgan fingerprint density at radius 1 is 1.26 bits per heavy atom. The molecule has 0 bridgehead atoms. The smallest absolute Gasteiger partial charge is 0.257 e. The number of methoxy groups -OCH3 is 1. The lowest BCUT2D eigenvalue weighted by atomic mass is 10.1. The summed E-state index contributed by atoms with van der Waals surface area (Å²) >= 11 is 0. The molecule has 0 aliphatic rings. The Kier molecular flexibility index (Phi) is 5.63. The van der Waals surface area contributed by atoms with Crippen LogP contribution in [0, 0.1) is 0 Å². The van der Waals surface area contributed by atoms with Gasteiger partial charge in [-0.25, -0.2) is 0 Å². The lowest BCUT2D eigenvalue weighted by Gasteiger charge is -2.20. The summed E-state index contributed by atoms with van der Waals surface area (Å²) in [6.07, 6.45) is 0.937. The van der Waals surface area contributed by atoms with Gasteiger partial charge in [-0.05, 0) is 39.2 Å². The average Bonchev–Trinajstić information content (AvgIpc) is 2.37. The van der Waals surface area contributed by atoms with E-state index in [4.69, 9.17) is 10.5 Å². The molecule has 2 N–H and O–H groups in total. The molecule has 19 heavy (non-hydrogen) atoms. The molecule has 0 saturated heterocycles. The summed E-state index contributed by atoms with van der Waals surface area (Å²) in [5.41, 5.74) is 6.81. The van der Waals surface area contributed by atoms with Crippen LogP contribution >= 0.6 is 0 Å². The number of ether oxygens (including phenoxy) is 1. The molecule has 1 amide bonds. The van der Waals surface area contributed by atoms with Gasteiger partial charge in [0.2, 0.25) is 0 Å². The minimum atomic E-state index is -0.0457. The zero-order valence-corrected chi connectivity index (χ0v) is 12.1. The summed E-state index contributed by atoms with van der Waals surface area (Å²) in [6.45, 7) is 1.67. The molecule has 0 saturated carbocycles. The molecule has 0 fully saturated rings. The van der Waals surface area contributed by atoms with Gasteiger partial charge in [-0.15, -0.1) is 0 Å². The van der Waals surface area contributed by atoms with E-state index in [0.29, 0.717) is 23.5 Å². The molecule has 5 nitrogen and oxygen atoms in total. The predicted octanol–water partition coefficient (Wildman–Crippen LogP) is 1.30. The minimum Gasteiger partial charge on any atom is -0.496 e. The molecule has 0 spiro atoms. The summed E-state index contributed by atoms with van der Waals surface area (Å²) in [4.78, 5) is 16.1. The number of hydrogen-bond acceptors (Lipinski definition) is 4. The first-order chi connectivity index (χ1) is 8.95. The van der Waals surface area contributed by atoms with Crippen molar-refractivity contribution in [1.82, 2.24) is 9.80 Å². The van der Waals surface area contributed by atoms with Gasteiger partial charge < -0.3 is 20.3 Å². The molecule has 0 aliphatic carbocycles. The largest absolute Gasteiger partial charge is 0.496 e. The average molecular weight is 265 g/mol. The third-order valence-electron chi connectivity index (χ3n) is 2.90. The lowest BCUT2D eigenvalue weighted by molar-refractivity contribution is 0.0787. The van der Waals surface area contributed by atoms with Crippen molar-refractivity contribution in [2.45, 2.75) is 6.42 Å². The molecule has 0 radical (unpaired) electrons. The fraction of sp³-hybridized carbons (Fsp3) is 0.500. The van der Waals surface area contributed by atoms with Gasteiger partial charge in [0.05, 0.1) is 12.7 Å². The number of carbonyl (C=O) groups excluding carboxylic acids is 1. The van der Waals surface area contributed by atoms with Crippen LogP contribution in [0.2, 0.25) is 0 Å². The van der Waals surface area contributed by atoms with E-state index in [9.17, 15) is 4.79 Å². The van der Waals surface area contributed by atoms with Gasteiger partial charge in [0, 0.05) is 25.3 Å². The SMILES string of the molecule is COc1cc(N)ccc1C(=O)N(C)CCCN(C)C. The predicted molar refractivity (Wildman–Crippen MR) is 77.5 cm³/mol. The molecule has 0 aliphatic heterocycles. The Morgan fingerprint density at radius 3 is 2.53 bits per heavy atom. The molecular weight excluding hydrogens is 242 g/mol. The van der Waals surface area contributed by atoms with Gasteiger partial charge in [-0.3, -0.25) is 4.79 Å². The van der Waals surface area contributed by atoms with Crippen LogP contribution in [0.3, 0.4) is 0 Å². The zero-order chi connectivity index (χ0) is 14.4. The summed E-state index contributed by atoms with van der Waals surface area (Å²) in [5, 5.41) is 0. The number of rotatable bonds is 6. The maximum absolute atomic E-state index is 12.3. The Morgan fingerprint density at radius 2 is 1.95 bits per heavy atom. The topological polar surface area (TPSA) is 58.8 Å². The highest BCUT2D eigenvalue weighted by Crippen LogP contribution is 2.22. The number of hydrogen-bond donors (Lipinski definition) is 1. The van der Waals surface area contributed by atoms with E-state index < -0.39 is 0 Å². The molecule has 0 atom stereocenters. The van der Waals surface area contributed by atoms with Crippen LogP contribution in [-0.2, 0) is 0 Å². The Bertz CT molecular complexity index is 433. The van der Waals surface area contributed by atoms with Gasteiger partial charge in [0.25, 0.3) is 5.91 Å². The van der Waals surface area contributed by atoms with E-state index in [1.54, 1.807) is 30.1 Å². The second-order valence-corrected chi connectivity index (χ2v) is 4.84. The summed E-state index contributed by atoms with van der Waals surface area (Å²) < 4.78 is 5.20. The number of nitrogens with zero attached hydrogens (tertiary/aromatic N) is 2. The number of amides is 1. The quantitative estimate of drug-likeness (QED) is 0.788. The van der Waals surface area contributed by atoms with Crippen LogP contribution in [0.1, 0.15) is 16.8 Å². The second-order valence-electron chi connectivity index (χ2n) is 4.84. The molecule has 5 heteroatoms. The van der Waals surface area contributed by atoms with Crippen molar-refractivity contribution in [3.8, 4) is 5.75 Å². The number of nitrogen functional groups attached to an aromatic ring is 1. The van der Waals surface area contributed by atoms with Crippen molar-refractivity contribution >= 4 is 11.6 Å².